The summed E-state index contributed by atoms with van der Waals surface area (Å²) in [6.07, 6.45) is 5.70. The molecule has 0 aromatic heterocycles. The highest BCUT2D eigenvalue weighted by Crippen LogP contribution is 2.37. The van der Waals surface area contributed by atoms with Crippen molar-refractivity contribution in [1.29, 1.82) is 0 Å². The zero-order valence-corrected chi connectivity index (χ0v) is 8.82. The summed E-state index contributed by atoms with van der Waals surface area (Å²) >= 11 is 0. The van der Waals surface area contributed by atoms with Crippen molar-refractivity contribution in [2.45, 2.75) is 39.5 Å². The molecule has 0 aromatic rings. The van der Waals surface area contributed by atoms with Crippen molar-refractivity contribution in [2.75, 3.05) is 13.6 Å². The normalized spacial score (nSPS) is 27.8. The van der Waals surface area contributed by atoms with Gasteiger partial charge in [0, 0.05) is 0 Å². The molecule has 1 aliphatic rings. The number of rotatable bonds is 2. The first-order valence-corrected chi connectivity index (χ1v) is 4.79. The second-order valence-corrected chi connectivity index (χ2v) is 4.68. The van der Waals surface area contributed by atoms with Gasteiger partial charge in [-0.1, -0.05) is 20.3 Å². The molecule has 1 saturated carbocycles. The van der Waals surface area contributed by atoms with E-state index in [1.54, 1.807) is 0 Å². The molecule has 4 N–H and O–H groups in total. The quantitative estimate of drug-likeness (QED) is 0.672. The van der Waals surface area contributed by atoms with E-state index >= 15 is 0 Å². The Kier molecular flexibility index (Phi) is 4.80. The van der Waals surface area contributed by atoms with Crippen LogP contribution in [0.1, 0.15) is 39.5 Å². The topological polar surface area (TPSA) is 47.0 Å². The molecule has 12 heavy (non-hydrogen) atoms. The van der Waals surface area contributed by atoms with Crippen LogP contribution in [-0.2, 0) is 0 Å². The van der Waals surface area contributed by atoms with Crippen molar-refractivity contribution in [3.63, 3.8) is 0 Å². The largest absolute Gasteiger partial charge is 0.344 e. The van der Waals surface area contributed by atoms with Gasteiger partial charge >= 0.3 is 0 Å². The predicted molar refractivity (Wildman–Crippen MR) is 54.7 cm³/mol. The number of hydrogen-bond acceptors (Lipinski definition) is 2. The van der Waals surface area contributed by atoms with Crippen molar-refractivity contribution in [1.82, 2.24) is 11.5 Å². The minimum absolute atomic E-state index is 0. The molecule has 1 atom stereocenters. The predicted octanol–water partition coefficient (Wildman–Crippen LogP) is 2.58. The van der Waals surface area contributed by atoms with E-state index in [1.165, 1.54) is 32.2 Å². The molecule has 0 aromatic carbocycles. The summed E-state index contributed by atoms with van der Waals surface area (Å²) < 4.78 is 0. The summed E-state index contributed by atoms with van der Waals surface area (Å²) in [5.41, 5.74) is 0.611. The molecule has 0 radical (unpaired) electrons. The first-order valence-electron chi connectivity index (χ1n) is 4.79. The molecule has 0 heterocycles. The maximum absolute atomic E-state index is 3.28. The van der Waals surface area contributed by atoms with Crippen LogP contribution in [0.25, 0.3) is 0 Å². The van der Waals surface area contributed by atoms with E-state index in [1.807, 2.05) is 0 Å². The van der Waals surface area contributed by atoms with Crippen LogP contribution in [0.5, 0.6) is 0 Å². The average molecular weight is 172 g/mol. The fraction of sp³-hybridized carbons (Fsp3) is 1.00. The zero-order valence-electron chi connectivity index (χ0n) is 8.82. The molecule has 1 unspecified atom stereocenters. The molecule has 1 fully saturated rings. The van der Waals surface area contributed by atoms with Gasteiger partial charge in [0.25, 0.3) is 0 Å². The van der Waals surface area contributed by atoms with Crippen LogP contribution in [0.3, 0.4) is 0 Å². The van der Waals surface area contributed by atoms with Crippen molar-refractivity contribution in [3.05, 3.63) is 0 Å². The van der Waals surface area contributed by atoms with Gasteiger partial charge in [-0.05, 0) is 44.2 Å². The van der Waals surface area contributed by atoms with Crippen LogP contribution >= 0.6 is 0 Å². The summed E-state index contributed by atoms with van der Waals surface area (Å²) in [5, 5.41) is 3.28. The molecule has 0 bridgehead atoms. The summed E-state index contributed by atoms with van der Waals surface area (Å²) in [7, 11) is 2.06. The highest BCUT2D eigenvalue weighted by molar-refractivity contribution is 4.79. The maximum Gasteiger partial charge on any atom is -0.00233 e. The van der Waals surface area contributed by atoms with Gasteiger partial charge in [0.1, 0.15) is 0 Å². The molecule has 0 aliphatic heterocycles. The Bertz CT molecular complexity index is 119. The van der Waals surface area contributed by atoms with Crippen LogP contribution in [0, 0.1) is 11.3 Å². The Morgan fingerprint density at radius 3 is 2.58 bits per heavy atom. The molecule has 2 nitrogen and oxygen atoms in total. The van der Waals surface area contributed by atoms with E-state index in [0.717, 1.165) is 5.92 Å². The molecular formula is C10H24N2. The van der Waals surface area contributed by atoms with Gasteiger partial charge in [-0.2, -0.15) is 0 Å². The fourth-order valence-corrected chi connectivity index (χ4v) is 2.32. The van der Waals surface area contributed by atoms with E-state index in [9.17, 15) is 0 Å². The lowest BCUT2D eigenvalue weighted by Gasteiger charge is -2.35. The van der Waals surface area contributed by atoms with Gasteiger partial charge in [0.2, 0.25) is 0 Å². The van der Waals surface area contributed by atoms with Crippen LogP contribution in [0.2, 0.25) is 0 Å². The molecule has 0 spiro atoms. The van der Waals surface area contributed by atoms with Gasteiger partial charge in [-0.25, -0.2) is 0 Å². The van der Waals surface area contributed by atoms with Crippen LogP contribution < -0.4 is 11.5 Å². The van der Waals surface area contributed by atoms with Gasteiger partial charge < -0.3 is 11.5 Å². The van der Waals surface area contributed by atoms with Crippen molar-refractivity contribution >= 4 is 0 Å². The lowest BCUT2D eigenvalue weighted by Crippen LogP contribution is -2.28. The van der Waals surface area contributed by atoms with Crippen molar-refractivity contribution in [2.24, 2.45) is 11.3 Å². The molecule has 2 heteroatoms. The Morgan fingerprint density at radius 2 is 2.08 bits per heavy atom. The Labute approximate surface area is 76.7 Å². The Morgan fingerprint density at radius 1 is 1.42 bits per heavy atom. The average Bonchev–Trinajstić information content (AvgIpc) is 1.85. The minimum Gasteiger partial charge on any atom is -0.344 e. The standard InChI is InChI=1S/C10H21N.H3N/c1-10(2)6-4-5-9(7-10)8-11-3;/h9,11H,4-8H2,1-3H3;1H3. The summed E-state index contributed by atoms with van der Waals surface area (Å²) in [6, 6.07) is 0. The second-order valence-electron chi connectivity index (χ2n) is 4.68. The second kappa shape index (κ2) is 4.83. The SMILES string of the molecule is CNCC1CCCC(C)(C)C1.N. The monoisotopic (exact) mass is 172 g/mol. The van der Waals surface area contributed by atoms with Crippen LogP contribution in [0.15, 0.2) is 0 Å². The molecule has 74 valence electrons. The smallest absolute Gasteiger partial charge is 0.00233 e. The number of hydrogen-bond donors (Lipinski definition) is 2. The first-order chi connectivity index (χ1) is 5.14. The van der Waals surface area contributed by atoms with E-state index in [4.69, 9.17) is 0 Å². The minimum atomic E-state index is 0. The molecule has 1 rings (SSSR count). The van der Waals surface area contributed by atoms with Crippen molar-refractivity contribution in [3.8, 4) is 0 Å². The summed E-state index contributed by atoms with van der Waals surface area (Å²) in [4.78, 5) is 0. The maximum atomic E-state index is 3.28. The summed E-state index contributed by atoms with van der Waals surface area (Å²) in [5.74, 6) is 0.934. The van der Waals surface area contributed by atoms with Crippen LogP contribution in [0.4, 0.5) is 0 Å². The first kappa shape index (κ1) is 11.9. The third-order valence-corrected chi connectivity index (χ3v) is 2.80. The van der Waals surface area contributed by atoms with E-state index < -0.39 is 0 Å². The Balaban J connectivity index is 0.00000121. The highest BCUT2D eigenvalue weighted by atomic mass is 14.8. The van der Waals surface area contributed by atoms with E-state index in [2.05, 4.69) is 26.2 Å². The Hall–Kier alpha value is -0.0800. The van der Waals surface area contributed by atoms with E-state index in [-0.39, 0.29) is 6.15 Å². The molecule has 0 saturated heterocycles. The van der Waals surface area contributed by atoms with Gasteiger partial charge in [-0.15, -0.1) is 0 Å². The molecule has 1 aliphatic carbocycles. The summed E-state index contributed by atoms with van der Waals surface area (Å²) in [6.45, 7) is 6.01. The molecular weight excluding hydrogens is 148 g/mol. The van der Waals surface area contributed by atoms with Gasteiger partial charge in [-0.3, -0.25) is 0 Å². The van der Waals surface area contributed by atoms with Crippen molar-refractivity contribution < 1.29 is 0 Å². The lowest BCUT2D eigenvalue weighted by atomic mass is 9.72. The van der Waals surface area contributed by atoms with Gasteiger partial charge in [0.05, 0.1) is 0 Å². The lowest BCUT2D eigenvalue weighted by molar-refractivity contribution is 0.179. The third-order valence-electron chi connectivity index (χ3n) is 2.80. The molecule has 0 amide bonds. The fourth-order valence-electron chi connectivity index (χ4n) is 2.32. The van der Waals surface area contributed by atoms with Crippen LogP contribution in [-0.4, -0.2) is 13.6 Å². The highest BCUT2D eigenvalue weighted by Gasteiger charge is 2.26. The number of nitrogens with one attached hydrogen (secondary N) is 1. The third kappa shape index (κ3) is 3.55. The van der Waals surface area contributed by atoms with Gasteiger partial charge in [0.15, 0.2) is 0 Å². The zero-order chi connectivity index (χ0) is 8.32. The van der Waals surface area contributed by atoms with E-state index in [0.29, 0.717) is 5.41 Å².